The van der Waals surface area contributed by atoms with Crippen LogP contribution in [0.15, 0.2) is 29.2 Å². The molecule has 10 heteroatoms. The third kappa shape index (κ3) is 3.95. The van der Waals surface area contributed by atoms with Crippen LogP contribution >= 0.6 is 11.6 Å². The fourth-order valence-corrected chi connectivity index (χ4v) is 6.01. The monoisotopic (exact) mass is 454 g/mol. The standard InChI is InChI=1S/C20H27ClN4O4S/c1-15-6-8-20(9-7-15)18(26)25(19(27)22-20)14-23-10-12-24(13-11-23)30(28,29)17-4-2-16(21)3-5-17/h2-5,15H,6-14H2,1H3,(H,22,27). The number of urea groups is 1. The number of hydrogen-bond donors (Lipinski definition) is 1. The Morgan fingerprint density at radius 1 is 1.07 bits per heavy atom. The van der Waals surface area contributed by atoms with E-state index in [4.69, 9.17) is 11.6 Å². The van der Waals surface area contributed by atoms with Gasteiger partial charge in [-0.2, -0.15) is 4.31 Å². The van der Waals surface area contributed by atoms with Gasteiger partial charge in [-0.1, -0.05) is 18.5 Å². The van der Waals surface area contributed by atoms with E-state index in [9.17, 15) is 18.0 Å². The van der Waals surface area contributed by atoms with Crippen molar-refractivity contribution in [3.05, 3.63) is 29.3 Å². The molecule has 1 spiro atoms. The van der Waals surface area contributed by atoms with Gasteiger partial charge < -0.3 is 5.32 Å². The molecule has 1 aliphatic carbocycles. The Hall–Kier alpha value is -1.68. The lowest BCUT2D eigenvalue weighted by atomic mass is 9.77. The molecule has 1 aromatic rings. The van der Waals surface area contributed by atoms with Gasteiger partial charge in [0.2, 0.25) is 10.0 Å². The van der Waals surface area contributed by atoms with Gasteiger partial charge in [-0.15, -0.1) is 0 Å². The summed E-state index contributed by atoms with van der Waals surface area (Å²) in [6, 6.07) is 5.78. The van der Waals surface area contributed by atoms with E-state index in [1.807, 2.05) is 4.90 Å². The van der Waals surface area contributed by atoms with Crippen LogP contribution in [-0.4, -0.2) is 72.8 Å². The summed E-state index contributed by atoms with van der Waals surface area (Å²) in [5, 5.41) is 3.42. The number of carbonyl (C=O) groups is 2. The average molecular weight is 455 g/mol. The molecule has 0 atom stereocenters. The van der Waals surface area contributed by atoms with Gasteiger partial charge in [-0.3, -0.25) is 9.69 Å². The zero-order valence-electron chi connectivity index (χ0n) is 17.0. The second kappa shape index (κ2) is 8.11. The van der Waals surface area contributed by atoms with Crippen molar-refractivity contribution in [1.29, 1.82) is 0 Å². The Balaban J connectivity index is 1.36. The first-order chi connectivity index (χ1) is 14.2. The van der Waals surface area contributed by atoms with Gasteiger partial charge in [0, 0.05) is 31.2 Å². The van der Waals surface area contributed by atoms with Crippen molar-refractivity contribution in [1.82, 2.24) is 19.4 Å². The van der Waals surface area contributed by atoms with Gasteiger partial charge in [0.25, 0.3) is 5.91 Å². The molecule has 0 bridgehead atoms. The fraction of sp³-hybridized carbons (Fsp3) is 0.600. The van der Waals surface area contributed by atoms with E-state index in [0.29, 0.717) is 50.0 Å². The van der Waals surface area contributed by atoms with Crippen LogP contribution < -0.4 is 5.32 Å². The van der Waals surface area contributed by atoms with Gasteiger partial charge in [-0.05, 0) is 55.9 Å². The smallest absolute Gasteiger partial charge is 0.323 e. The molecule has 1 aromatic carbocycles. The molecule has 0 unspecified atom stereocenters. The highest BCUT2D eigenvalue weighted by atomic mass is 35.5. The number of rotatable bonds is 4. The lowest BCUT2D eigenvalue weighted by Crippen LogP contribution is -2.53. The highest BCUT2D eigenvalue weighted by Gasteiger charge is 2.52. The second-order valence-corrected chi connectivity index (χ2v) is 10.9. The second-order valence-electron chi connectivity index (χ2n) is 8.55. The highest BCUT2D eigenvalue weighted by Crippen LogP contribution is 2.36. The largest absolute Gasteiger partial charge is 0.326 e. The molecule has 3 aliphatic rings. The molecule has 1 saturated carbocycles. The number of benzene rings is 1. The van der Waals surface area contributed by atoms with Gasteiger partial charge in [-0.25, -0.2) is 18.1 Å². The first-order valence-electron chi connectivity index (χ1n) is 10.3. The molecule has 2 saturated heterocycles. The maximum Gasteiger partial charge on any atom is 0.326 e. The van der Waals surface area contributed by atoms with Crippen LogP contribution in [-0.2, 0) is 14.8 Å². The molecular weight excluding hydrogens is 428 g/mol. The minimum Gasteiger partial charge on any atom is -0.323 e. The first kappa shape index (κ1) is 21.5. The van der Waals surface area contributed by atoms with Gasteiger partial charge in [0.15, 0.2) is 0 Å². The lowest BCUT2D eigenvalue weighted by molar-refractivity contribution is -0.134. The number of imide groups is 1. The predicted octanol–water partition coefficient (Wildman–Crippen LogP) is 2.10. The number of halogens is 1. The molecule has 30 heavy (non-hydrogen) atoms. The molecule has 0 aromatic heterocycles. The van der Waals surface area contributed by atoms with E-state index < -0.39 is 15.6 Å². The number of nitrogens with zero attached hydrogens (tertiary/aromatic N) is 3. The van der Waals surface area contributed by atoms with E-state index in [1.54, 1.807) is 12.1 Å². The minimum atomic E-state index is -3.59. The van der Waals surface area contributed by atoms with E-state index in [-0.39, 0.29) is 23.5 Å². The number of piperazine rings is 1. The summed E-state index contributed by atoms with van der Waals surface area (Å²) in [4.78, 5) is 29.0. The maximum absolute atomic E-state index is 13.0. The quantitative estimate of drug-likeness (QED) is 0.703. The van der Waals surface area contributed by atoms with Crippen molar-refractivity contribution in [2.45, 2.75) is 43.0 Å². The molecule has 2 heterocycles. The van der Waals surface area contributed by atoms with Crippen molar-refractivity contribution in [2.75, 3.05) is 32.8 Å². The Bertz CT molecular complexity index is 921. The normalized spacial score (nSPS) is 28.9. The number of hydrogen-bond acceptors (Lipinski definition) is 5. The molecule has 8 nitrogen and oxygen atoms in total. The zero-order chi connectivity index (χ0) is 21.5. The minimum absolute atomic E-state index is 0.143. The Labute approximate surface area is 182 Å². The third-order valence-electron chi connectivity index (χ3n) is 6.50. The van der Waals surface area contributed by atoms with Gasteiger partial charge >= 0.3 is 6.03 Å². The molecule has 2 aliphatic heterocycles. The SMILES string of the molecule is CC1CCC2(CC1)NC(=O)N(CN1CCN(S(=O)(=O)c3ccc(Cl)cc3)CC1)C2=O. The van der Waals surface area contributed by atoms with Crippen LogP contribution in [0.5, 0.6) is 0 Å². The average Bonchev–Trinajstić information content (AvgIpc) is 2.95. The summed E-state index contributed by atoms with van der Waals surface area (Å²) >= 11 is 5.85. The van der Waals surface area contributed by atoms with Crippen LogP contribution in [0.1, 0.15) is 32.6 Å². The van der Waals surface area contributed by atoms with E-state index in [0.717, 1.165) is 12.8 Å². The fourth-order valence-electron chi connectivity index (χ4n) is 4.47. The van der Waals surface area contributed by atoms with Crippen molar-refractivity contribution in [3.63, 3.8) is 0 Å². The van der Waals surface area contributed by atoms with E-state index in [2.05, 4.69) is 12.2 Å². The molecule has 4 rings (SSSR count). The highest BCUT2D eigenvalue weighted by molar-refractivity contribution is 7.89. The molecule has 3 fully saturated rings. The Kier molecular flexibility index (Phi) is 5.82. The van der Waals surface area contributed by atoms with Crippen LogP contribution in [0.2, 0.25) is 5.02 Å². The molecule has 0 radical (unpaired) electrons. The van der Waals surface area contributed by atoms with Crippen LogP contribution in [0.25, 0.3) is 0 Å². The molecule has 1 N–H and O–H groups in total. The molecular formula is C20H27ClN4O4S. The summed E-state index contributed by atoms with van der Waals surface area (Å²) in [6.07, 6.45) is 3.23. The van der Waals surface area contributed by atoms with E-state index >= 15 is 0 Å². The third-order valence-corrected chi connectivity index (χ3v) is 8.66. The topological polar surface area (TPSA) is 90.0 Å². The maximum atomic E-state index is 13.0. The summed E-state index contributed by atoms with van der Waals surface area (Å²) in [5.41, 5.74) is -0.747. The molecule has 3 amide bonds. The van der Waals surface area contributed by atoms with Crippen LogP contribution in [0.4, 0.5) is 4.79 Å². The van der Waals surface area contributed by atoms with Crippen LogP contribution in [0.3, 0.4) is 0 Å². The van der Waals surface area contributed by atoms with Gasteiger partial charge in [0.05, 0.1) is 11.6 Å². The summed E-state index contributed by atoms with van der Waals surface area (Å²) in [7, 11) is -3.59. The Morgan fingerprint density at radius 3 is 2.27 bits per heavy atom. The lowest BCUT2D eigenvalue weighted by Gasteiger charge is -2.36. The first-order valence-corrected chi connectivity index (χ1v) is 12.2. The predicted molar refractivity (Wildman–Crippen MR) is 112 cm³/mol. The van der Waals surface area contributed by atoms with E-state index in [1.165, 1.54) is 21.3 Å². The summed E-state index contributed by atoms with van der Waals surface area (Å²) in [5.74, 6) is 0.431. The number of nitrogens with one attached hydrogen (secondary N) is 1. The van der Waals surface area contributed by atoms with Crippen molar-refractivity contribution >= 4 is 33.6 Å². The zero-order valence-corrected chi connectivity index (χ0v) is 18.6. The summed E-state index contributed by atoms with van der Waals surface area (Å²) in [6.45, 7) is 3.87. The van der Waals surface area contributed by atoms with Crippen LogP contribution in [0, 0.1) is 5.92 Å². The van der Waals surface area contributed by atoms with Gasteiger partial charge in [0.1, 0.15) is 5.54 Å². The summed E-state index contributed by atoms with van der Waals surface area (Å²) < 4.78 is 27.1. The Morgan fingerprint density at radius 2 is 1.67 bits per heavy atom. The van der Waals surface area contributed by atoms with Crippen molar-refractivity contribution in [2.24, 2.45) is 5.92 Å². The molecule has 164 valence electrons. The number of amides is 3. The number of sulfonamides is 1. The van der Waals surface area contributed by atoms with Crippen molar-refractivity contribution < 1.29 is 18.0 Å². The number of carbonyl (C=O) groups excluding carboxylic acids is 2. The van der Waals surface area contributed by atoms with Crippen molar-refractivity contribution in [3.8, 4) is 0 Å².